The monoisotopic (exact) mass is 365 g/mol. The van der Waals surface area contributed by atoms with E-state index < -0.39 is 35.9 Å². The molecule has 1 aromatic carbocycles. The van der Waals surface area contributed by atoms with E-state index in [4.69, 9.17) is 9.31 Å². The van der Waals surface area contributed by atoms with Gasteiger partial charge in [-0.2, -0.15) is 0 Å². The number of halogens is 2. The molecule has 0 N–H and O–H groups in total. The molecule has 142 valence electrons. The molecule has 0 aromatic heterocycles. The van der Waals surface area contributed by atoms with Crippen molar-refractivity contribution in [3.05, 3.63) is 29.3 Å². The molecule has 7 heteroatoms. The second kappa shape index (κ2) is 6.61. The normalized spacial score (nSPS) is 22.7. The second-order valence-corrected chi connectivity index (χ2v) is 8.42. The van der Waals surface area contributed by atoms with Crippen molar-refractivity contribution < 1.29 is 22.9 Å². The average molecular weight is 365 g/mol. The molecule has 0 radical (unpaired) electrons. The van der Waals surface area contributed by atoms with Gasteiger partial charge in [-0.1, -0.05) is 6.92 Å². The first-order chi connectivity index (χ1) is 12.0. The van der Waals surface area contributed by atoms with Gasteiger partial charge in [0.05, 0.1) is 16.8 Å². The Morgan fingerprint density at radius 1 is 1.08 bits per heavy atom. The molecule has 0 aliphatic carbocycles. The number of nitrogens with zero attached hydrogens (tertiary/aromatic N) is 1. The Morgan fingerprint density at radius 3 is 2.15 bits per heavy atom. The van der Waals surface area contributed by atoms with E-state index in [2.05, 4.69) is 6.92 Å². The molecule has 0 saturated carbocycles. The number of carbonyl (C=O) groups excluding carboxylic acids is 1. The molecule has 3 rings (SSSR count). The number of hydrogen-bond donors (Lipinski definition) is 0. The van der Waals surface area contributed by atoms with Crippen molar-refractivity contribution in [3.63, 3.8) is 0 Å². The molecule has 0 spiro atoms. The fourth-order valence-electron chi connectivity index (χ4n) is 3.26. The van der Waals surface area contributed by atoms with Gasteiger partial charge < -0.3 is 14.2 Å². The molecule has 26 heavy (non-hydrogen) atoms. The lowest BCUT2D eigenvalue weighted by atomic mass is 9.78. The van der Waals surface area contributed by atoms with Gasteiger partial charge >= 0.3 is 7.12 Å². The van der Waals surface area contributed by atoms with Crippen molar-refractivity contribution in [1.29, 1.82) is 0 Å². The Bertz CT molecular complexity index is 699. The Labute approximate surface area is 154 Å². The highest BCUT2D eigenvalue weighted by atomic mass is 19.1. The lowest BCUT2D eigenvalue weighted by Crippen LogP contribution is -2.41. The van der Waals surface area contributed by atoms with Crippen LogP contribution in [-0.2, 0) is 9.31 Å². The van der Waals surface area contributed by atoms with Crippen LogP contribution >= 0.6 is 0 Å². The highest BCUT2D eigenvalue weighted by Crippen LogP contribution is 2.36. The van der Waals surface area contributed by atoms with E-state index in [9.17, 15) is 13.6 Å². The van der Waals surface area contributed by atoms with Crippen molar-refractivity contribution in [1.82, 2.24) is 4.90 Å². The van der Waals surface area contributed by atoms with E-state index in [1.54, 1.807) is 4.90 Å². The molecule has 4 nitrogen and oxygen atoms in total. The number of carbonyl (C=O) groups is 1. The van der Waals surface area contributed by atoms with Crippen LogP contribution in [0.5, 0.6) is 0 Å². The highest BCUT2D eigenvalue weighted by molar-refractivity contribution is 6.62. The van der Waals surface area contributed by atoms with Crippen molar-refractivity contribution in [3.8, 4) is 0 Å². The van der Waals surface area contributed by atoms with E-state index in [0.29, 0.717) is 19.0 Å². The maximum Gasteiger partial charge on any atom is 0.497 e. The molecule has 1 aromatic rings. The van der Waals surface area contributed by atoms with Crippen LogP contribution in [0.15, 0.2) is 12.1 Å². The van der Waals surface area contributed by atoms with Crippen LogP contribution < -0.4 is 5.46 Å². The van der Waals surface area contributed by atoms with Gasteiger partial charge in [0.2, 0.25) is 0 Å². The number of rotatable bonds is 2. The van der Waals surface area contributed by atoms with Gasteiger partial charge in [0.25, 0.3) is 5.91 Å². The van der Waals surface area contributed by atoms with Crippen LogP contribution in [0.3, 0.4) is 0 Å². The average Bonchev–Trinajstić information content (AvgIpc) is 2.77. The number of benzene rings is 1. The van der Waals surface area contributed by atoms with E-state index in [-0.39, 0.29) is 11.0 Å². The summed E-state index contributed by atoms with van der Waals surface area (Å²) in [5.74, 6) is -1.36. The van der Waals surface area contributed by atoms with E-state index >= 15 is 0 Å². The third kappa shape index (κ3) is 3.39. The predicted molar refractivity (Wildman–Crippen MR) is 96.4 cm³/mol. The van der Waals surface area contributed by atoms with Gasteiger partial charge in [0.1, 0.15) is 11.6 Å². The predicted octanol–water partition coefficient (Wildman–Crippen LogP) is 3.14. The number of hydrogen-bond acceptors (Lipinski definition) is 3. The number of amides is 1. The van der Waals surface area contributed by atoms with Crippen LogP contribution in [0, 0.1) is 17.6 Å². The summed E-state index contributed by atoms with van der Waals surface area (Å²) in [6, 6.07) is 1.99. The zero-order valence-corrected chi connectivity index (χ0v) is 16.1. The summed E-state index contributed by atoms with van der Waals surface area (Å²) in [6.45, 7) is 10.6. The molecule has 0 bridgehead atoms. The van der Waals surface area contributed by atoms with Gasteiger partial charge in [0.15, 0.2) is 0 Å². The Hall–Kier alpha value is -1.47. The summed E-state index contributed by atoms with van der Waals surface area (Å²) in [7, 11) is -1.01. The van der Waals surface area contributed by atoms with Crippen molar-refractivity contribution in [2.75, 3.05) is 13.1 Å². The minimum Gasteiger partial charge on any atom is -0.399 e. The van der Waals surface area contributed by atoms with Crippen LogP contribution in [0.4, 0.5) is 8.78 Å². The lowest BCUT2D eigenvalue weighted by Gasteiger charge is -2.32. The van der Waals surface area contributed by atoms with Crippen LogP contribution in [0.1, 0.15) is 57.8 Å². The first kappa shape index (κ1) is 19.3. The molecule has 2 aliphatic rings. The summed E-state index contributed by atoms with van der Waals surface area (Å²) < 4.78 is 40.9. The number of likely N-dealkylation sites (tertiary alicyclic amines) is 1. The maximum absolute atomic E-state index is 14.7. The number of piperidine rings is 1. The van der Waals surface area contributed by atoms with E-state index in [1.807, 2.05) is 27.7 Å². The van der Waals surface area contributed by atoms with Crippen molar-refractivity contribution in [2.45, 2.75) is 58.7 Å². The molecule has 1 amide bonds. The fraction of sp³-hybridized carbons (Fsp3) is 0.632. The van der Waals surface area contributed by atoms with Crippen LogP contribution in [0.2, 0.25) is 0 Å². The summed E-state index contributed by atoms with van der Waals surface area (Å²) in [6.07, 6.45) is 1.75. The molecular weight excluding hydrogens is 339 g/mol. The van der Waals surface area contributed by atoms with Crippen molar-refractivity contribution >= 4 is 18.5 Å². The van der Waals surface area contributed by atoms with E-state index in [1.165, 1.54) is 0 Å². The zero-order valence-electron chi connectivity index (χ0n) is 16.1. The van der Waals surface area contributed by atoms with Gasteiger partial charge in [0, 0.05) is 18.6 Å². The lowest BCUT2D eigenvalue weighted by molar-refractivity contribution is 0.00578. The first-order valence-electron chi connectivity index (χ1n) is 9.16. The SMILES string of the molecule is CC1CCN(C(=O)c2cc(F)c(B3OC(C)(C)C(C)(C)O3)cc2F)CC1. The summed E-state index contributed by atoms with van der Waals surface area (Å²) >= 11 is 0. The van der Waals surface area contributed by atoms with Gasteiger partial charge in [-0.15, -0.1) is 0 Å². The molecule has 0 atom stereocenters. The summed E-state index contributed by atoms with van der Waals surface area (Å²) in [5, 5.41) is 0. The topological polar surface area (TPSA) is 38.8 Å². The standard InChI is InChI=1S/C19H26BF2NO3/c1-12-6-8-23(9-7-12)17(24)13-10-16(22)14(11-15(13)21)20-25-18(2,3)19(4,5)26-20/h10-12H,6-9H2,1-5H3. The quantitative estimate of drug-likeness (QED) is 0.756. The summed E-state index contributed by atoms with van der Waals surface area (Å²) in [5.41, 5.74) is -1.57. The maximum atomic E-state index is 14.7. The minimum atomic E-state index is -1.01. The van der Waals surface area contributed by atoms with Gasteiger partial charge in [-0.25, -0.2) is 8.78 Å². The summed E-state index contributed by atoms with van der Waals surface area (Å²) in [4.78, 5) is 14.2. The molecule has 2 aliphatic heterocycles. The second-order valence-electron chi connectivity index (χ2n) is 8.42. The van der Waals surface area contributed by atoms with Crippen LogP contribution in [0.25, 0.3) is 0 Å². The smallest absolute Gasteiger partial charge is 0.399 e. The molecule has 2 heterocycles. The molecule has 0 unspecified atom stereocenters. The van der Waals surface area contributed by atoms with Gasteiger partial charge in [-0.05, 0) is 58.6 Å². The molecular formula is C19H26BF2NO3. The van der Waals surface area contributed by atoms with Crippen LogP contribution in [-0.4, -0.2) is 42.2 Å². The largest absolute Gasteiger partial charge is 0.497 e. The van der Waals surface area contributed by atoms with Crippen molar-refractivity contribution in [2.24, 2.45) is 5.92 Å². The van der Waals surface area contributed by atoms with Gasteiger partial charge in [-0.3, -0.25) is 4.79 Å². The Balaban J connectivity index is 1.84. The fourth-order valence-corrected chi connectivity index (χ4v) is 3.26. The Morgan fingerprint density at radius 2 is 1.62 bits per heavy atom. The zero-order chi connectivity index (χ0) is 19.3. The third-order valence-corrected chi connectivity index (χ3v) is 5.89. The first-order valence-corrected chi connectivity index (χ1v) is 9.16. The molecule has 2 saturated heterocycles. The minimum absolute atomic E-state index is 0.0232. The molecule has 2 fully saturated rings. The third-order valence-electron chi connectivity index (χ3n) is 5.89. The van der Waals surface area contributed by atoms with E-state index in [0.717, 1.165) is 25.0 Å². The highest BCUT2D eigenvalue weighted by Gasteiger charge is 2.52. The Kier molecular flexibility index (Phi) is 4.90.